The third-order valence-electron chi connectivity index (χ3n) is 2.64. The van der Waals surface area contributed by atoms with Crippen LogP contribution in [-0.4, -0.2) is 28.2 Å². The number of nitrogen functional groups attached to an aromatic ring is 1. The maximum absolute atomic E-state index is 12.1. The largest absolute Gasteiger partial charge is 0.398 e. The van der Waals surface area contributed by atoms with Gasteiger partial charge in [0.25, 0.3) is 0 Å². The van der Waals surface area contributed by atoms with Crippen LogP contribution in [0.5, 0.6) is 0 Å². The molecule has 0 saturated carbocycles. The number of ether oxygens (including phenoxy) is 1. The molecule has 0 aliphatic heterocycles. The van der Waals surface area contributed by atoms with Crippen LogP contribution in [0.4, 0.5) is 5.69 Å². The standard InChI is InChI=1S/C14H21N3O3S/c1-11(2)10-20-7-3-6-17-21(18,19)14-5-4-12(9-15)8-13(14)16/h4-5,8,11,17H,3,6-7,10,16H2,1-2H3. The molecule has 0 aliphatic rings. The maximum Gasteiger partial charge on any atom is 0.242 e. The van der Waals surface area contributed by atoms with Crippen molar-refractivity contribution in [3.05, 3.63) is 23.8 Å². The summed E-state index contributed by atoms with van der Waals surface area (Å²) < 4.78 is 32.0. The molecule has 1 aromatic carbocycles. The summed E-state index contributed by atoms with van der Waals surface area (Å²) in [6, 6.07) is 6.02. The van der Waals surface area contributed by atoms with Gasteiger partial charge >= 0.3 is 0 Å². The second kappa shape index (κ2) is 7.98. The Morgan fingerprint density at radius 2 is 2.14 bits per heavy atom. The van der Waals surface area contributed by atoms with Gasteiger partial charge in [0.2, 0.25) is 10.0 Å². The summed E-state index contributed by atoms with van der Waals surface area (Å²) >= 11 is 0. The first-order chi connectivity index (χ1) is 9.86. The van der Waals surface area contributed by atoms with Gasteiger partial charge in [-0.05, 0) is 30.5 Å². The van der Waals surface area contributed by atoms with E-state index in [2.05, 4.69) is 18.6 Å². The molecular weight excluding hydrogens is 290 g/mol. The van der Waals surface area contributed by atoms with Crippen LogP contribution in [0.25, 0.3) is 0 Å². The van der Waals surface area contributed by atoms with Gasteiger partial charge in [0.05, 0.1) is 17.3 Å². The summed E-state index contributed by atoms with van der Waals surface area (Å²) in [4.78, 5) is -0.00963. The molecule has 0 fully saturated rings. The molecule has 6 nitrogen and oxygen atoms in total. The first kappa shape index (κ1) is 17.4. The summed E-state index contributed by atoms with van der Waals surface area (Å²) in [5.41, 5.74) is 6.07. The molecule has 21 heavy (non-hydrogen) atoms. The minimum atomic E-state index is -3.66. The first-order valence-corrected chi connectivity index (χ1v) is 8.22. The van der Waals surface area contributed by atoms with Crippen molar-refractivity contribution in [3.8, 4) is 6.07 Å². The monoisotopic (exact) mass is 311 g/mol. The molecule has 7 heteroatoms. The third kappa shape index (κ3) is 5.71. The quantitative estimate of drug-likeness (QED) is 0.559. The van der Waals surface area contributed by atoms with E-state index in [1.54, 1.807) is 0 Å². The number of nitriles is 1. The number of rotatable bonds is 8. The molecule has 1 aromatic rings. The number of hydrogen-bond acceptors (Lipinski definition) is 5. The van der Waals surface area contributed by atoms with E-state index in [9.17, 15) is 8.42 Å². The van der Waals surface area contributed by atoms with Gasteiger partial charge in [0, 0.05) is 19.8 Å². The summed E-state index contributed by atoms with van der Waals surface area (Å²) in [5, 5.41) is 8.73. The Hall–Kier alpha value is -1.62. The lowest BCUT2D eigenvalue weighted by Gasteiger charge is -2.10. The summed E-state index contributed by atoms with van der Waals surface area (Å²) in [6.07, 6.45) is 0.585. The molecule has 0 atom stereocenters. The molecule has 0 spiro atoms. The van der Waals surface area contributed by atoms with Crippen LogP contribution in [0, 0.1) is 17.2 Å². The van der Waals surface area contributed by atoms with Crippen LogP contribution in [-0.2, 0) is 14.8 Å². The zero-order chi connectivity index (χ0) is 15.9. The van der Waals surface area contributed by atoms with Gasteiger partial charge in [-0.2, -0.15) is 5.26 Å². The molecule has 0 aliphatic carbocycles. The van der Waals surface area contributed by atoms with Crippen molar-refractivity contribution in [2.75, 3.05) is 25.5 Å². The number of hydrogen-bond donors (Lipinski definition) is 2. The molecule has 116 valence electrons. The topological polar surface area (TPSA) is 105 Å². The summed E-state index contributed by atoms with van der Waals surface area (Å²) in [7, 11) is -3.66. The van der Waals surface area contributed by atoms with E-state index in [1.807, 2.05) is 6.07 Å². The van der Waals surface area contributed by atoms with E-state index in [0.717, 1.165) is 0 Å². The lowest BCUT2D eigenvalue weighted by atomic mass is 10.2. The second-order valence-electron chi connectivity index (χ2n) is 5.08. The highest BCUT2D eigenvalue weighted by Crippen LogP contribution is 2.19. The molecule has 0 aromatic heterocycles. The summed E-state index contributed by atoms with van der Waals surface area (Å²) in [6.45, 7) is 5.55. The Labute approximate surface area is 126 Å². The SMILES string of the molecule is CC(C)COCCCNS(=O)(=O)c1ccc(C#N)cc1N. The fourth-order valence-corrected chi connectivity index (χ4v) is 2.83. The first-order valence-electron chi connectivity index (χ1n) is 6.74. The number of sulfonamides is 1. The Kier molecular flexibility index (Phi) is 6.62. The molecule has 0 amide bonds. The van der Waals surface area contributed by atoms with Crippen molar-refractivity contribution in [3.63, 3.8) is 0 Å². The predicted molar refractivity (Wildman–Crippen MR) is 81.0 cm³/mol. The zero-order valence-corrected chi connectivity index (χ0v) is 13.1. The average Bonchev–Trinajstić information content (AvgIpc) is 2.41. The van der Waals surface area contributed by atoms with Gasteiger partial charge in [-0.1, -0.05) is 13.8 Å². The van der Waals surface area contributed by atoms with Crippen molar-refractivity contribution in [2.24, 2.45) is 5.92 Å². The fourth-order valence-electron chi connectivity index (χ4n) is 1.64. The molecular formula is C14H21N3O3S. The van der Waals surface area contributed by atoms with Gasteiger partial charge < -0.3 is 10.5 Å². The fraction of sp³-hybridized carbons (Fsp3) is 0.500. The Balaban J connectivity index is 2.53. The number of nitrogens with two attached hydrogens (primary N) is 1. The van der Waals surface area contributed by atoms with Crippen LogP contribution in [0.1, 0.15) is 25.8 Å². The third-order valence-corrected chi connectivity index (χ3v) is 4.17. The second-order valence-corrected chi connectivity index (χ2v) is 6.82. The van der Waals surface area contributed by atoms with E-state index in [1.165, 1.54) is 18.2 Å². The van der Waals surface area contributed by atoms with Crippen molar-refractivity contribution in [1.82, 2.24) is 4.72 Å². The number of nitrogens with one attached hydrogen (secondary N) is 1. The van der Waals surface area contributed by atoms with Gasteiger partial charge in [-0.25, -0.2) is 13.1 Å². The van der Waals surface area contributed by atoms with Gasteiger partial charge in [0.15, 0.2) is 0 Å². The van der Waals surface area contributed by atoms with Crippen LogP contribution in [0.15, 0.2) is 23.1 Å². The average molecular weight is 311 g/mol. The van der Waals surface area contributed by atoms with Crippen LogP contribution >= 0.6 is 0 Å². The van der Waals surface area contributed by atoms with E-state index in [0.29, 0.717) is 31.1 Å². The lowest BCUT2D eigenvalue weighted by molar-refractivity contribution is 0.108. The van der Waals surface area contributed by atoms with E-state index >= 15 is 0 Å². The molecule has 1 rings (SSSR count). The molecule has 0 radical (unpaired) electrons. The molecule has 3 N–H and O–H groups in total. The Morgan fingerprint density at radius 1 is 1.43 bits per heavy atom. The summed E-state index contributed by atoms with van der Waals surface area (Å²) in [5.74, 6) is 0.458. The van der Waals surface area contributed by atoms with Crippen LogP contribution in [0.2, 0.25) is 0 Å². The van der Waals surface area contributed by atoms with E-state index in [4.69, 9.17) is 15.7 Å². The lowest BCUT2D eigenvalue weighted by Crippen LogP contribution is -2.26. The minimum absolute atomic E-state index is 0.00963. The number of nitrogens with zero attached hydrogens (tertiary/aromatic N) is 1. The predicted octanol–water partition coefficient (Wildman–Crippen LogP) is 1.48. The molecule has 0 bridgehead atoms. The Bertz CT molecular complexity index is 606. The van der Waals surface area contributed by atoms with Gasteiger partial charge in [-0.15, -0.1) is 0 Å². The van der Waals surface area contributed by atoms with E-state index < -0.39 is 10.0 Å². The maximum atomic E-state index is 12.1. The Morgan fingerprint density at radius 3 is 2.71 bits per heavy atom. The van der Waals surface area contributed by atoms with Crippen molar-refractivity contribution >= 4 is 15.7 Å². The zero-order valence-electron chi connectivity index (χ0n) is 12.3. The molecule has 0 unspecified atom stereocenters. The molecule has 0 heterocycles. The smallest absolute Gasteiger partial charge is 0.242 e. The van der Waals surface area contributed by atoms with Crippen molar-refractivity contribution in [2.45, 2.75) is 25.2 Å². The van der Waals surface area contributed by atoms with Crippen LogP contribution in [0.3, 0.4) is 0 Å². The molecule has 0 saturated heterocycles. The van der Waals surface area contributed by atoms with Gasteiger partial charge in [-0.3, -0.25) is 0 Å². The number of anilines is 1. The van der Waals surface area contributed by atoms with E-state index in [-0.39, 0.29) is 17.1 Å². The highest BCUT2D eigenvalue weighted by Gasteiger charge is 2.16. The van der Waals surface area contributed by atoms with Gasteiger partial charge in [0.1, 0.15) is 4.90 Å². The highest BCUT2D eigenvalue weighted by atomic mass is 32.2. The minimum Gasteiger partial charge on any atom is -0.398 e. The van der Waals surface area contributed by atoms with Crippen molar-refractivity contribution in [1.29, 1.82) is 5.26 Å². The van der Waals surface area contributed by atoms with Crippen molar-refractivity contribution < 1.29 is 13.2 Å². The normalized spacial score (nSPS) is 11.5. The number of benzene rings is 1. The highest BCUT2D eigenvalue weighted by molar-refractivity contribution is 7.89. The van der Waals surface area contributed by atoms with Crippen LogP contribution < -0.4 is 10.5 Å².